The molecule has 2 amide bonds. The third-order valence-electron chi connectivity index (χ3n) is 3.70. The van der Waals surface area contributed by atoms with Gasteiger partial charge in [-0.05, 0) is 25.1 Å². The molecule has 2 N–H and O–H groups in total. The largest absolute Gasteiger partial charge is 0.296 e. The molecule has 3 rings (SSSR count). The van der Waals surface area contributed by atoms with Crippen molar-refractivity contribution in [1.29, 1.82) is 0 Å². The number of rotatable bonds is 2. The minimum Gasteiger partial charge on any atom is -0.296 e. The number of aryl methyl sites for hydroxylation is 1. The summed E-state index contributed by atoms with van der Waals surface area (Å²) < 4.78 is 13.9. The van der Waals surface area contributed by atoms with E-state index in [-0.39, 0.29) is 24.2 Å². The molecule has 122 valence electrons. The van der Waals surface area contributed by atoms with Crippen molar-refractivity contribution < 1.29 is 14.0 Å². The Morgan fingerprint density at radius 2 is 2.04 bits per heavy atom. The normalized spacial score (nSPS) is 17.0. The summed E-state index contributed by atoms with van der Waals surface area (Å²) in [5.41, 5.74) is 1.73. The zero-order chi connectivity index (χ0) is 17.1. The van der Waals surface area contributed by atoms with Crippen LogP contribution in [0, 0.1) is 12.7 Å². The first-order chi connectivity index (χ1) is 11.5. The van der Waals surface area contributed by atoms with Gasteiger partial charge in [-0.15, -0.1) is 0 Å². The SMILES string of the molecule is Cc1cccc(C(=O)NC2=NC(c3ccccc3F)CC(=O)N2)c1. The molecule has 1 atom stereocenters. The molecule has 0 radical (unpaired) electrons. The molecule has 0 aromatic heterocycles. The van der Waals surface area contributed by atoms with Crippen molar-refractivity contribution in [3.05, 3.63) is 71.0 Å². The average molecular weight is 325 g/mol. The van der Waals surface area contributed by atoms with E-state index in [0.29, 0.717) is 11.1 Å². The van der Waals surface area contributed by atoms with Gasteiger partial charge >= 0.3 is 0 Å². The van der Waals surface area contributed by atoms with Gasteiger partial charge in [0.2, 0.25) is 11.9 Å². The minimum atomic E-state index is -0.659. The van der Waals surface area contributed by atoms with E-state index in [0.717, 1.165) is 5.56 Å². The smallest absolute Gasteiger partial charge is 0.257 e. The summed E-state index contributed by atoms with van der Waals surface area (Å²) in [6, 6.07) is 12.6. The fourth-order valence-electron chi connectivity index (χ4n) is 2.55. The molecule has 0 saturated carbocycles. The number of carbonyl (C=O) groups excluding carboxylic acids is 2. The maximum atomic E-state index is 13.9. The minimum absolute atomic E-state index is 0.0325. The van der Waals surface area contributed by atoms with Crippen molar-refractivity contribution in [2.75, 3.05) is 0 Å². The number of carbonyl (C=O) groups is 2. The lowest BCUT2D eigenvalue weighted by atomic mass is 10.0. The van der Waals surface area contributed by atoms with Crippen LogP contribution in [0.3, 0.4) is 0 Å². The van der Waals surface area contributed by atoms with Crippen LogP contribution in [-0.4, -0.2) is 17.8 Å². The standard InChI is InChI=1S/C18H16FN3O2/c1-11-5-4-6-12(9-11)17(24)22-18-20-15(10-16(23)21-18)13-7-2-3-8-14(13)19/h2-9,15H,10H2,1H3,(H2,20,21,22,23,24). The van der Waals surface area contributed by atoms with E-state index in [1.165, 1.54) is 6.07 Å². The second kappa shape index (κ2) is 6.62. The molecule has 0 saturated heterocycles. The lowest BCUT2D eigenvalue weighted by Gasteiger charge is -2.21. The molecule has 24 heavy (non-hydrogen) atoms. The van der Waals surface area contributed by atoms with Crippen molar-refractivity contribution in [1.82, 2.24) is 10.6 Å². The number of aliphatic imine (C=N–C) groups is 1. The van der Waals surface area contributed by atoms with Crippen molar-refractivity contribution >= 4 is 17.8 Å². The summed E-state index contributed by atoms with van der Waals surface area (Å²) in [7, 11) is 0. The molecule has 0 aliphatic carbocycles. The van der Waals surface area contributed by atoms with Crippen LogP contribution in [0.4, 0.5) is 4.39 Å². The number of halogens is 1. The maximum Gasteiger partial charge on any atom is 0.257 e. The number of hydrogen-bond donors (Lipinski definition) is 2. The van der Waals surface area contributed by atoms with Gasteiger partial charge in [-0.2, -0.15) is 0 Å². The third-order valence-corrected chi connectivity index (χ3v) is 3.70. The van der Waals surface area contributed by atoms with Crippen LogP contribution in [0.25, 0.3) is 0 Å². The van der Waals surface area contributed by atoms with Crippen LogP contribution in [0.2, 0.25) is 0 Å². The molecule has 0 bridgehead atoms. The van der Waals surface area contributed by atoms with Crippen LogP contribution in [-0.2, 0) is 4.79 Å². The molecule has 1 aliphatic heterocycles. The number of benzene rings is 2. The highest BCUT2D eigenvalue weighted by molar-refractivity contribution is 6.10. The zero-order valence-electron chi connectivity index (χ0n) is 13.0. The van der Waals surface area contributed by atoms with E-state index < -0.39 is 11.9 Å². The van der Waals surface area contributed by atoms with Crippen molar-refractivity contribution in [2.24, 2.45) is 4.99 Å². The highest BCUT2D eigenvalue weighted by Gasteiger charge is 2.25. The molecule has 0 spiro atoms. The Kier molecular flexibility index (Phi) is 4.37. The van der Waals surface area contributed by atoms with E-state index in [4.69, 9.17) is 0 Å². The summed E-state index contributed by atoms with van der Waals surface area (Å²) in [5.74, 6) is -1.10. The summed E-state index contributed by atoms with van der Waals surface area (Å²) in [6.07, 6.45) is 0.0325. The average Bonchev–Trinajstić information content (AvgIpc) is 2.54. The monoisotopic (exact) mass is 325 g/mol. The molecule has 2 aromatic carbocycles. The van der Waals surface area contributed by atoms with Gasteiger partial charge in [-0.1, -0.05) is 35.9 Å². The Morgan fingerprint density at radius 3 is 2.79 bits per heavy atom. The van der Waals surface area contributed by atoms with Gasteiger partial charge in [0.05, 0.1) is 12.5 Å². The Hall–Kier alpha value is -3.02. The number of nitrogens with zero attached hydrogens (tertiary/aromatic N) is 1. The van der Waals surface area contributed by atoms with Gasteiger partial charge in [0, 0.05) is 11.1 Å². The first kappa shape index (κ1) is 15.9. The van der Waals surface area contributed by atoms with Gasteiger partial charge in [0.25, 0.3) is 5.91 Å². The van der Waals surface area contributed by atoms with Gasteiger partial charge in [0.15, 0.2) is 0 Å². The number of hydrogen-bond acceptors (Lipinski definition) is 3. The molecule has 0 fully saturated rings. The van der Waals surface area contributed by atoms with Crippen molar-refractivity contribution in [2.45, 2.75) is 19.4 Å². The van der Waals surface area contributed by atoms with Crippen LogP contribution < -0.4 is 10.6 Å². The zero-order valence-corrected chi connectivity index (χ0v) is 13.0. The van der Waals surface area contributed by atoms with E-state index in [1.807, 2.05) is 13.0 Å². The summed E-state index contributed by atoms with van der Waals surface area (Å²) in [5, 5.41) is 5.08. The lowest BCUT2D eigenvalue weighted by Crippen LogP contribution is -2.47. The second-order valence-corrected chi connectivity index (χ2v) is 5.59. The van der Waals surface area contributed by atoms with E-state index >= 15 is 0 Å². The van der Waals surface area contributed by atoms with Crippen LogP contribution >= 0.6 is 0 Å². The Bertz CT molecular complexity index is 833. The molecule has 1 aliphatic rings. The number of amides is 2. The van der Waals surface area contributed by atoms with Gasteiger partial charge < -0.3 is 0 Å². The third kappa shape index (κ3) is 3.48. The van der Waals surface area contributed by atoms with Gasteiger partial charge in [-0.3, -0.25) is 20.2 Å². The van der Waals surface area contributed by atoms with Crippen molar-refractivity contribution in [3.8, 4) is 0 Å². The number of nitrogens with one attached hydrogen (secondary N) is 2. The molecule has 1 heterocycles. The molecule has 6 heteroatoms. The van der Waals surface area contributed by atoms with Crippen molar-refractivity contribution in [3.63, 3.8) is 0 Å². The predicted molar refractivity (Wildman–Crippen MR) is 88.0 cm³/mol. The first-order valence-corrected chi connectivity index (χ1v) is 7.53. The Balaban J connectivity index is 1.83. The van der Waals surface area contributed by atoms with Crippen LogP contribution in [0.1, 0.15) is 33.9 Å². The van der Waals surface area contributed by atoms with E-state index in [9.17, 15) is 14.0 Å². The first-order valence-electron chi connectivity index (χ1n) is 7.53. The van der Waals surface area contributed by atoms with E-state index in [1.54, 1.807) is 36.4 Å². The maximum absolute atomic E-state index is 13.9. The summed E-state index contributed by atoms with van der Waals surface area (Å²) in [4.78, 5) is 28.4. The van der Waals surface area contributed by atoms with Crippen LogP contribution in [0.5, 0.6) is 0 Å². The second-order valence-electron chi connectivity index (χ2n) is 5.59. The Morgan fingerprint density at radius 1 is 1.25 bits per heavy atom. The molecular weight excluding hydrogens is 309 g/mol. The Labute approximate surface area is 138 Å². The predicted octanol–water partition coefficient (Wildman–Crippen LogP) is 2.48. The lowest BCUT2D eigenvalue weighted by molar-refractivity contribution is -0.120. The molecular formula is C18H16FN3O2. The summed E-state index contributed by atoms with van der Waals surface area (Å²) in [6.45, 7) is 1.88. The summed E-state index contributed by atoms with van der Waals surface area (Å²) >= 11 is 0. The van der Waals surface area contributed by atoms with E-state index in [2.05, 4.69) is 15.6 Å². The fraction of sp³-hybridized carbons (Fsp3) is 0.167. The highest BCUT2D eigenvalue weighted by atomic mass is 19.1. The van der Waals surface area contributed by atoms with Crippen LogP contribution in [0.15, 0.2) is 53.5 Å². The highest BCUT2D eigenvalue weighted by Crippen LogP contribution is 2.25. The topological polar surface area (TPSA) is 70.6 Å². The van der Waals surface area contributed by atoms with Gasteiger partial charge in [-0.25, -0.2) is 9.38 Å². The fourth-order valence-corrected chi connectivity index (χ4v) is 2.55. The van der Waals surface area contributed by atoms with Gasteiger partial charge in [0.1, 0.15) is 5.82 Å². The molecule has 5 nitrogen and oxygen atoms in total. The number of guanidine groups is 1. The molecule has 1 unspecified atom stereocenters. The quantitative estimate of drug-likeness (QED) is 0.890. The molecule has 2 aromatic rings.